The summed E-state index contributed by atoms with van der Waals surface area (Å²) in [6, 6.07) is 87.7. The fourth-order valence-electron chi connectivity index (χ4n) is 10.2. The maximum atomic E-state index is 6.33. The Bertz CT molecular complexity index is 3900. The van der Waals surface area contributed by atoms with Crippen molar-refractivity contribution in [1.29, 1.82) is 0 Å². The van der Waals surface area contributed by atoms with Crippen LogP contribution in [0.15, 0.2) is 247 Å². The molecule has 3 heteroatoms. The molecule has 0 N–H and O–H groups in total. The number of para-hydroxylation sites is 3. The molecule has 0 radical (unpaired) electrons. The summed E-state index contributed by atoms with van der Waals surface area (Å²) in [5, 5.41) is 9.67. The molecule has 13 aromatic rings. The first-order valence-corrected chi connectivity index (χ1v) is 22.2. The minimum absolute atomic E-state index is 0.891. The summed E-state index contributed by atoms with van der Waals surface area (Å²) >= 11 is 0. The number of anilines is 3. The summed E-state index contributed by atoms with van der Waals surface area (Å²) in [4.78, 5) is 2.42. The summed E-state index contributed by atoms with van der Waals surface area (Å²) in [6.07, 6.45) is 0. The zero-order chi connectivity index (χ0) is 42.8. The predicted octanol–water partition coefficient (Wildman–Crippen LogP) is 17.5. The lowest BCUT2D eigenvalue weighted by molar-refractivity contribution is 0.669. The molecule has 3 nitrogen and oxygen atoms in total. The van der Waals surface area contributed by atoms with Gasteiger partial charge in [-0.1, -0.05) is 170 Å². The first-order valence-electron chi connectivity index (χ1n) is 22.2. The smallest absolute Gasteiger partial charge is 0.136 e. The molecule has 13 rings (SSSR count). The quantitative estimate of drug-likeness (QED) is 0.149. The Kier molecular flexibility index (Phi) is 8.53. The van der Waals surface area contributed by atoms with Crippen LogP contribution in [-0.4, -0.2) is 4.57 Å². The topological polar surface area (TPSA) is 21.3 Å². The molecule has 2 aromatic heterocycles. The SMILES string of the molecule is c1cc(-c2ccc(N(c3cccc(-c4cccc5oc6ccccc6c45)c3)c3cc4ccccc4c4ccccc34)cc2)cc(-c2ccc(-n3c4ccccc4c4ccccc43)cc2)c1. The van der Waals surface area contributed by atoms with Gasteiger partial charge >= 0.3 is 0 Å². The second-order valence-electron chi connectivity index (χ2n) is 16.9. The molecule has 0 amide bonds. The highest BCUT2D eigenvalue weighted by molar-refractivity contribution is 6.16. The van der Waals surface area contributed by atoms with E-state index in [1.54, 1.807) is 0 Å². The van der Waals surface area contributed by atoms with Gasteiger partial charge in [-0.25, -0.2) is 0 Å². The third-order valence-electron chi connectivity index (χ3n) is 13.2. The molecule has 0 aliphatic carbocycles. The van der Waals surface area contributed by atoms with E-state index in [4.69, 9.17) is 4.42 Å². The van der Waals surface area contributed by atoms with E-state index in [1.807, 2.05) is 12.1 Å². The Labute approximate surface area is 376 Å². The molecule has 0 atom stereocenters. The molecule has 0 aliphatic rings. The second kappa shape index (κ2) is 15.0. The van der Waals surface area contributed by atoms with E-state index in [1.165, 1.54) is 60.0 Å². The standard InChI is InChI=1S/C62H40N2O/c1-2-19-50-46(14-1)40-59(53-21-4-3-20-52(50)53)63(49-18-12-17-45(39-49)51-25-13-29-61-62(51)56-24-7-10-28-60(56)65-61)47-34-30-41(31-35-47)43-15-11-16-44(38-43)42-32-36-48(37-33-42)64-57-26-8-5-22-54(57)55-23-6-9-27-58(55)64/h1-40H. The van der Waals surface area contributed by atoms with Crippen molar-refractivity contribution in [2.75, 3.05) is 4.90 Å². The molecule has 304 valence electrons. The Balaban J connectivity index is 0.900. The molecule has 65 heavy (non-hydrogen) atoms. The van der Waals surface area contributed by atoms with Gasteiger partial charge in [-0.3, -0.25) is 0 Å². The van der Waals surface area contributed by atoms with Crippen LogP contribution in [0.5, 0.6) is 0 Å². The summed E-state index contributed by atoms with van der Waals surface area (Å²) in [5.41, 5.74) is 15.6. The normalized spacial score (nSPS) is 11.7. The average molecular weight is 829 g/mol. The number of furan rings is 1. The molecular weight excluding hydrogens is 789 g/mol. The van der Waals surface area contributed by atoms with Crippen LogP contribution in [0, 0.1) is 0 Å². The predicted molar refractivity (Wildman–Crippen MR) is 274 cm³/mol. The number of nitrogens with zero attached hydrogens (tertiary/aromatic N) is 2. The van der Waals surface area contributed by atoms with E-state index < -0.39 is 0 Å². The molecule has 0 saturated heterocycles. The lowest BCUT2D eigenvalue weighted by atomic mass is 9.96. The van der Waals surface area contributed by atoms with Crippen LogP contribution in [0.1, 0.15) is 0 Å². The monoisotopic (exact) mass is 828 g/mol. The van der Waals surface area contributed by atoms with Crippen LogP contribution in [0.25, 0.3) is 104 Å². The van der Waals surface area contributed by atoms with Gasteiger partial charge in [-0.05, 0) is 122 Å². The molecule has 0 fully saturated rings. The van der Waals surface area contributed by atoms with Gasteiger partial charge in [-0.15, -0.1) is 0 Å². The van der Waals surface area contributed by atoms with Crippen LogP contribution in [-0.2, 0) is 0 Å². The van der Waals surface area contributed by atoms with E-state index in [2.05, 4.69) is 240 Å². The van der Waals surface area contributed by atoms with Crippen molar-refractivity contribution >= 4 is 82.4 Å². The van der Waals surface area contributed by atoms with Crippen LogP contribution in [0.2, 0.25) is 0 Å². The zero-order valence-electron chi connectivity index (χ0n) is 35.4. The summed E-state index contributed by atoms with van der Waals surface area (Å²) in [5.74, 6) is 0. The van der Waals surface area contributed by atoms with E-state index in [0.29, 0.717) is 0 Å². The number of hydrogen-bond acceptors (Lipinski definition) is 2. The van der Waals surface area contributed by atoms with Gasteiger partial charge < -0.3 is 13.9 Å². The fourth-order valence-corrected chi connectivity index (χ4v) is 10.2. The van der Waals surface area contributed by atoms with Crippen LogP contribution in [0.4, 0.5) is 17.1 Å². The third-order valence-corrected chi connectivity index (χ3v) is 13.2. The Morgan fingerprint density at radius 1 is 0.323 bits per heavy atom. The number of fused-ring (bicyclic) bond motifs is 9. The van der Waals surface area contributed by atoms with E-state index >= 15 is 0 Å². The summed E-state index contributed by atoms with van der Waals surface area (Å²) < 4.78 is 8.70. The number of aromatic nitrogens is 1. The lowest BCUT2D eigenvalue weighted by Gasteiger charge is -2.28. The molecule has 0 bridgehead atoms. The Morgan fingerprint density at radius 3 is 1.62 bits per heavy atom. The highest BCUT2D eigenvalue weighted by atomic mass is 16.3. The summed E-state index contributed by atoms with van der Waals surface area (Å²) in [7, 11) is 0. The van der Waals surface area contributed by atoms with Gasteiger partial charge in [0.25, 0.3) is 0 Å². The molecule has 0 saturated carbocycles. The van der Waals surface area contributed by atoms with Crippen LogP contribution < -0.4 is 4.90 Å². The second-order valence-corrected chi connectivity index (χ2v) is 16.9. The van der Waals surface area contributed by atoms with Crippen molar-refractivity contribution in [1.82, 2.24) is 4.57 Å². The highest BCUT2D eigenvalue weighted by Crippen LogP contribution is 2.45. The molecule has 0 spiro atoms. The van der Waals surface area contributed by atoms with E-state index in [0.717, 1.165) is 61.4 Å². The Morgan fingerprint density at radius 2 is 0.877 bits per heavy atom. The van der Waals surface area contributed by atoms with Gasteiger partial charge in [0.2, 0.25) is 0 Å². The molecule has 0 unspecified atom stereocenters. The van der Waals surface area contributed by atoms with Crippen molar-refractivity contribution in [3.63, 3.8) is 0 Å². The van der Waals surface area contributed by atoms with Gasteiger partial charge in [0.15, 0.2) is 0 Å². The average Bonchev–Trinajstić information content (AvgIpc) is 3.93. The molecular formula is C62H40N2O. The lowest BCUT2D eigenvalue weighted by Crippen LogP contribution is -2.10. The number of hydrogen-bond donors (Lipinski definition) is 0. The van der Waals surface area contributed by atoms with Crippen molar-refractivity contribution < 1.29 is 4.42 Å². The first-order chi connectivity index (χ1) is 32.2. The maximum absolute atomic E-state index is 6.33. The fraction of sp³-hybridized carbons (Fsp3) is 0. The molecule has 0 aliphatic heterocycles. The van der Waals surface area contributed by atoms with Gasteiger partial charge in [0.05, 0.1) is 16.7 Å². The van der Waals surface area contributed by atoms with E-state index in [9.17, 15) is 0 Å². The van der Waals surface area contributed by atoms with Gasteiger partial charge in [-0.2, -0.15) is 0 Å². The minimum Gasteiger partial charge on any atom is -0.456 e. The maximum Gasteiger partial charge on any atom is 0.136 e. The minimum atomic E-state index is 0.891. The van der Waals surface area contributed by atoms with Gasteiger partial charge in [0.1, 0.15) is 11.2 Å². The first kappa shape index (κ1) is 36.9. The highest BCUT2D eigenvalue weighted by Gasteiger charge is 2.20. The number of rotatable bonds is 7. The molecule has 11 aromatic carbocycles. The van der Waals surface area contributed by atoms with Crippen molar-refractivity contribution in [3.8, 4) is 39.1 Å². The van der Waals surface area contributed by atoms with Crippen molar-refractivity contribution in [2.45, 2.75) is 0 Å². The summed E-state index contributed by atoms with van der Waals surface area (Å²) in [6.45, 7) is 0. The van der Waals surface area contributed by atoms with Gasteiger partial charge in [0, 0.05) is 44.0 Å². The van der Waals surface area contributed by atoms with Crippen molar-refractivity contribution in [2.24, 2.45) is 0 Å². The largest absolute Gasteiger partial charge is 0.456 e. The van der Waals surface area contributed by atoms with E-state index in [-0.39, 0.29) is 0 Å². The molecule has 2 heterocycles. The zero-order valence-corrected chi connectivity index (χ0v) is 35.4. The number of benzene rings is 11. The van der Waals surface area contributed by atoms with Crippen molar-refractivity contribution in [3.05, 3.63) is 243 Å². The van der Waals surface area contributed by atoms with Crippen LogP contribution in [0.3, 0.4) is 0 Å². The Hall–Kier alpha value is -8.66. The third kappa shape index (κ3) is 6.12. The van der Waals surface area contributed by atoms with Crippen LogP contribution >= 0.6 is 0 Å².